The molecule has 0 aromatic heterocycles. The summed E-state index contributed by atoms with van der Waals surface area (Å²) in [5.41, 5.74) is 3.71. The molecule has 0 bridgehead atoms. The smallest absolute Gasteiger partial charge is 0.258 e. The summed E-state index contributed by atoms with van der Waals surface area (Å²) in [5.74, 6) is 0.0266. The molecule has 3 nitrogen and oxygen atoms in total. The van der Waals surface area contributed by atoms with Crippen LogP contribution in [-0.2, 0) is 4.74 Å². The Morgan fingerprint density at radius 3 is 2.35 bits per heavy atom. The van der Waals surface area contributed by atoms with Crippen LogP contribution < -0.4 is 4.90 Å². The van der Waals surface area contributed by atoms with Gasteiger partial charge in [0.25, 0.3) is 5.91 Å². The first-order valence-electron chi connectivity index (χ1n) is 9.81. The van der Waals surface area contributed by atoms with Gasteiger partial charge in [-0.1, -0.05) is 75.4 Å². The van der Waals surface area contributed by atoms with E-state index in [4.69, 9.17) is 4.74 Å². The number of carbonyl (C=O) groups excluding carboxylic acids is 1. The van der Waals surface area contributed by atoms with Crippen LogP contribution in [0.2, 0.25) is 0 Å². The Kier molecular flexibility index (Phi) is 6.45. The van der Waals surface area contributed by atoms with Gasteiger partial charge >= 0.3 is 0 Å². The van der Waals surface area contributed by atoms with Crippen molar-refractivity contribution in [2.75, 3.05) is 18.6 Å². The summed E-state index contributed by atoms with van der Waals surface area (Å²) >= 11 is 0. The van der Waals surface area contributed by atoms with Gasteiger partial charge < -0.3 is 9.64 Å². The second-order valence-corrected chi connectivity index (χ2v) is 7.03. The Hall–Kier alpha value is -2.13. The van der Waals surface area contributed by atoms with E-state index in [1.807, 2.05) is 49.5 Å². The number of unbranched alkanes of at least 4 members (excludes halogenated alkanes) is 5. The van der Waals surface area contributed by atoms with Crippen molar-refractivity contribution in [3.8, 4) is 0 Å². The zero-order valence-corrected chi connectivity index (χ0v) is 15.9. The van der Waals surface area contributed by atoms with Gasteiger partial charge in [0.05, 0.1) is 0 Å². The number of hydrogen-bond acceptors (Lipinski definition) is 2. The normalized spacial score (nSPS) is 16.2. The van der Waals surface area contributed by atoms with Gasteiger partial charge in [-0.2, -0.15) is 0 Å². The summed E-state index contributed by atoms with van der Waals surface area (Å²) in [5, 5.41) is 0. The van der Waals surface area contributed by atoms with E-state index >= 15 is 0 Å². The Labute approximate surface area is 157 Å². The maximum Gasteiger partial charge on any atom is 0.258 e. The number of fused-ring (bicyclic) bond motifs is 2. The molecule has 26 heavy (non-hydrogen) atoms. The van der Waals surface area contributed by atoms with Gasteiger partial charge in [-0.15, -0.1) is 0 Å². The molecule has 0 radical (unpaired) electrons. The Balaban J connectivity index is 1.79. The molecule has 0 fully saturated rings. The van der Waals surface area contributed by atoms with E-state index in [1.165, 1.54) is 32.1 Å². The van der Waals surface area contributed by atoms with Gasteiger partial charge in [-0.05, 0) is 24.1 Å². The lowest BCUT2D eigenvalue weighted by atomic mass is 9.97. The molecule has 2 aromatic rings. The zero-order valence-electron chi connectivity index (χ0n) is 15.9. The molecule has 2 aromatic carbocycles. The second-order valence-electron chi connectivity index (χ2n) is 7.03. The van der Waals surface area contributed by atoms with Crippen LogP contribution in [-0.4, -0.2) is 19.6 Å². The van der Waals surface area contributed by atoms with Crippen molar-refractivity contribution >= 4 is 11.6 Å². The van der Waals surface area contributed by atoms with Crippen molar-refractivity contribution in [3.05, 3.63) is 65.2 Å². The van der Waals surface area contributed by atoms with E-state index in [9.17, 15) is 4.79 Å². The van der Waals surface area contributed by atoms with Crippen molar-refractivity contribution < 1.29 is 9.53 Å². The SMILES string of the molecule is CCCCCCCCOC1c2ccccc2C(=O)N(C)c2ccccc21. The minimum absolute atomic E-state index is 0.0266. The van der Waals surface area contributed by atoms with Gasteiger partial charge in [0.15, 0.2) is 0 Å². The summed E-state index contributed by atoms with van der Waals surface area (Å²) < 4.78 is 6.34. The highest BCUT2D eigenvalue weighted by molar-refractivity contribution is 6.08. The molecule has 1 heterocycles. The minimum Gasteiger partial charge on any atom is -0.369 e. The van der Waals surface area contributed by atoms with Gasteiger partial charge in [0, 0.05) is 30.5 Å². The zero-order chi connectivity index (χ0) is 18.4. The molecule has 138 valence electrons. The molecule has 1 aliphatic rings. The standard InChI is InChI=1S/C23H29NO2/c1-3-4-5-6-7-12-17-26-22-18-13-8-9-14-19(18)23(25)24(2)21-16-11-10-15-20(21)22/h8-11,13-16,22H,3-7,12,17H2,1-2H3. The van der Waals surface area contributed by atoms with Gasteiger partial charge in [0.1, 0.15) is 6.10 Å². The molecule has 0 saturated carbocycles. The molecular weight excluding hydrogens is 322 g/mol. The monoisotopic (exact) mass is 351 g/mol. The lowest BCUT2D eigenvalue weighted by Gasteiger charge is -2.21. The largest absolute Gasteiger partial charge is 0.369 e. The molecule has 0 saturated heterocycles. The minimum atomic E-state index is -0.188. The fraction of sp³-hybridized carbons (Fsp3) is 0.435. The Bertz CT molecular complexity index is 740. The average Bonchev–Trinajstić information content (AvgIpc) is 2.77. The third-order valence-corrected chi connectivity index (χ3v) is 5.14. The van der Waals surface area contributed by atoms with Crippen LogP contribution in [0.5, 0.6) is 0 Å². The van der Waals surface area contributed by atoms with Crippen molar-refractivity contribution in [2.45, 2.75) is 51.6 Å². The molecule has 1 atom stereocenters. The number of anilines is 1. The molecule has 1 amide bonds. The molecule has 0 spiro atoms. The van der Waals surface area contributed by atoms with E-state index in [0.29, 0.717) is 0 Å². The number of benzene rings is 2. The lowest BCUT2D eigenvalue weighted by Crippen LogP contribution is -2.25. The lowest BCUT2D eigenvalue weighted by molar-refractivity contribution is 0.0766. The molecule has 1 aliphatic heterocycles. The maximum atomic E-state index is 12.9. The highest BCUT2D eigenvalue weighted by atomic mass is 16.5. The fourth-order valence-corrected chi connectivity index (χ4v) is 3.66. The van der Waals surface area contributed by atoms with E-state index in [-0.39, 0.29) is 12.0 Å². The highest BCUT2D eigenvalue weighted by Gasteiger charge is 2.30. The van der Waals surface area contributed by atoms with Crippen LogP contribution >= 0.6 is 0 Å². The van der Waals surface area contributed by atoms with E-state index in [2.05, 4.69) is 13.0 Å². The summed E-state index contributed by atoms with van der Waals surface area (Å²) in [4.78, 5) is 14.6. The molecule has 3 heteroatoms. The second kappa shape index (κ2) is 9.00. The van der Waals surface area contributed by atoms with Crippen LogP contribution in [0.15, 0.2) is 48.5 Å². The number of carbonyl (C=O) groups is 1. The van der Waals surface area contributed by atoms with E-state index < -0.39 is 0 Å². The molecular formula is C23H29NO2. The van der Waals surface area contributed by atoms with Crippen molar-refractivity contribution in [1.29, 1.82) is 0 Å². The summed E-state index contributed by atoms with van der Waals surface area (Å²) in [6.07, 6.45) is 7.25. The molecule has 0 aliphatic carbocycles. The molecule has 3 rings (SSSR count). The number of rotatable bonds is 8. The van der Waals surface area contributed by atoms with Crippen molar-refractivity contribution in [1.82, 2.24) is 0 Å². The van der Waals surface area contributed by atoms with Crippen LogP contribution in [0.1, 0.15) is 73.0 Å². The third-order valence-electron chi connectivity index (χ3n) is 5.14. The van der Waals surface area contributed by atoms with Crippen LogP contribution in [0, 0.1) is 0 Å². The van der Waals surface area contributed by atoms with E-state index in [1.54, 1.807) is 4.90 Å². The number of nitrogens with zero attached hydrogens (tertiary/aromatic N) is 1. The van der Waals surface area contributed by atoms with Gasteiger partial charge in [-0.25, -0.2) is 0 Å². The first-order valence-corrected chi connectivity index (χ1v) is 9.81. The first-order chi connectivity index (χ1) is 12.7. The van der Waals surface area contributed by atoms with Gasteiger partial charge in [0.2, 0.25) is 0 Å². The third kappa shape index (κ3) is 3.99. The van der Waals surface area contributed by atoms with Crippen LogP contribution in [0.3, 0.4) is 0 Å². The summed E-state index contributed by atoms with van der Waals surface area (Å²) in [7, 11) is 1.84. The predicted molar refractivity (Wildman–Crippen MR) is 107 cm³/mol. The topological polar surface area (TPSA) is 29.5 Å². The number of ether oxygens (including phenoxy) is 1. The Morgan fingerprint density at radius 2 is 1.54 bits per heavy atom. The Morgan fingerprint density at radius 1 is 0.885 bits per heavy atom. The van der Waals surface area contributed by atoms with Gasteiger partial charge in [-0.3, -0.25) is 4.79 Å². The summed E-state index contributed by atoms with van der Waals surface area (Å²) in [6, 6.07) is 15.9. The number of amides is 1. The van der Waals surface area contributed by atoms with Crippen LogP contribution in [0.4, 0.5) is 5.69 Å². The van der Waals surface area contributed by atoms with Crippen LogP contribution in [0.25, 0.3) is 0 Å². The van der Waals surface area contributed by atoms with Crippen molar-refractivity contribution in [3.63, 3.8) is 0 Å². The quantitative estimate of drug-likeness (QED) is 0.567. The highest BCUT2D eigenvalue weighted by Crippen LogP contribution is 2.38. The summed E-state index contributed by atoms with van der Waals surface area (Å²) in [6.45, 7) is 2.96. The fourth-order valence-electron chi connectivity index (χ4n) is 3.66. The maximum absolute atomic E-state index is 12.9. The number of para-hydroxylation sites is 1. The number of hydrogen-bond donors (Lipinski definition) is 0. The molecule has 1 unspecified atom stereocenters. The predicted octanol–water partition coefficient (Wildman–Crippen LogP) is 5.74. The average molecular weight is 351 g/mol. The van der Waals surface area contributed by atoms with Crippen molar-refractivity contribution in [2.24, 2.45) is 0 Å². The van der Waals surface area contributed by atoms with E-state index in [0.717, 1.165) is 35.4 Å². The first kappa shape index (κ1) is 18.7. The molecule has 0 N–H and O–H groups in total.